The van der Waals surface area contributed by atoms with Crippen LogP contribution in [0.2, 0.25) is 0 Å². The van der Waals surface area contributed by atoms with Crippen molar-refractivity contribution in [2.75, 3.05) is 6.61 Å². The number of rotatable bonds is 4. The fraction of sp³-hybridized carbons (Fsp3) is 0.545. The first-order valence-corrected chi connectivity index (χ1v) is 5.09. The number of nitrogens with zero attached hydrogens (tertiary/aromatic N) is 2. The van der Waals surface area contributed by atoms with Gasteiger partial charge in [-0.15, -0.1) is 0 Å². The fourth-order valence-corrected chi connectivity index (χ4v) is 1.54. The summed E-state index contributed by atoms with van der Waals surface area (Å²) in [6.07, 6.45) is 3.65. The van der Waals surface area contributed by atoms with Gasteiger partial charge in [-0.25, -0.2) is 9.97 Å². The minimum absolute atomic E-state index is 0.205. The van der Waals surface area contributed by atoms with Gasteiger partial charge < -0.3 is 9.53 Å². The lowest BCUT2D eigenvalue weighted by molar-refractivity contribution is -0.109. The third-order valence-electron chi connectivity index (χ3n) is 2.66. The third-order valence-corrected chi connectivity index (χ3v) is 2.66. The summed E-state index contributed by atoms with van der Waals surface area (Å²) in [4.78, 5) is 18.7. The van der Waals surface area contributed by atoms with Gasteiger partial charge in [0, 0.05) is 11.8 Å². The van der Waals surface area contributed by atoms with Gasteiger partial charge in [0.25, 0.3) is 0 Å². The lowest BCUT2D eigenvalue weighted by Gasteiger charge is -2.07. The van der Waals surface area contributed by atoms with Crippen molar-refractivity contribution in [3.8, 4) is 5.75 Å². The molecule has 1 saturated carbocycles. The Hall–Kier alpha value is -1.45. The molecular formula is C11H14N2O2. The highest BCUT2D eigenvalue weighted by Gasteiger charge is 2.37. The first-order valence-electron chi connectivity index (χ1n) is 5.09. The van der Waals surface area contributed by atoms with Crippen molar-refractivity contribution in [3.63, 3.8) is 0 Å². The molecule has 2 unspecified atom stereocenters. The first-order chi connectivity index (χ1) is 7.20. The molecule has 4 nitrogen and oxygen atoms in total. The molecule has 0 N–H and O–H groups in total. The summed E-state index contributed by atoms with van der Waals surface area (Å²) in [6, 6.07) is 0. The van der Waals surface area contributed by atoms with Crippen LogP contribution in [-0.2, 0) is 4.79 Å². The smallest absolute Gasteiger partial charge is 0.158 e. The van der Waals surface area contributed by atoms with Gasteiger partial charge in [0.1, 0.15) is 12.1 Å². The summed E-state index contributed by atoms with van der Waals surface area (Å²) in [5.74, 6) is 2.06. The van der Waals surface area contributed by atoms with Crippen LogP contribution in [0.3, 0.4) is 0 Å². The van der Waals surface area contributed by atoms with Crippen molar-refractivity contribution < 1.29 is 9.53 Å². The van der Waals surface area contributed by atoms with Gasteiger partial charge in [0.15, 0.2) is 5.75 Å². The molecule has 4 heteroatoms. The van der Waals surface area contributed by atoms with Gasteiger partial charge in [-0.05, 0) is 20.3 Å². The SMILES string of the molecule is Cc1ncc(OCC2CC2C=O)c(C)n1. The highest BCUT2D eigenvalue weighted by molar-refractivity contribution is 5.58. The molecule has 0 saturated heterocycles. The second-order valence-electron chi connectivity index (χ2n) is 3.97. The minimum atomic E-state index is 0.205. The Balaban J connectivity index is 1.91. The quantitative estimate of drug-likeness (QED) is 0.697. The molecule has 2 atom stereocenters. The van der Waals surface area contributed by atoms with Crippen LogP contribution in [0.15, 0.2) is 6.20 Å². The Morgan fingerprint density at radius 1 is 1.60 bits per heavy atom. The maximum atomic E-state index is 10.4. The topological polar surface area (TPSA) is 52.1 Å². The van der Waals surface area contributed by atoms with Crippen molar-refractivity contribution in [1.29, 1.82) is 0 Å². The monoisotopic (exact) mass is 206 g/mol. The number of hydrogen-bond donors (Lipinski definition) is 0. The van der Waals surface area contributed by atoms with Crippen LogP contribution in [0.1, 0.15) is 17.9 Å². The van der Waals surface area contributed by atoms with E-state index in [4.69, 9.17) is 4.74 Å². The number of ether oxygens (including phenoxy) is 1. The maximum Gasteiger partial charge on any atom is 0.158 e. The normalized spacial score (nSPS) is 23.6. The van der Waals surface area contributed by atoms with Crippen molar-refractivity contribution in [3.05, 3.63) is 17.7 Å². The summed E-state index contributed by atoms with van der Waals surface area (Å²) in [5.41, 5.74) is 0.853. The van der Waals surface area contributed by atoms with Crippen molar-refractivity contribution in [2.24, 2.45) is 11.8 Å². The number of aryl methyl sites for hydroxylation is 2. The zero-order chi connectivity index (χ0) is 10.8. The zero-order valence-corrected chi connectivity index (χ0v) is 8.93. The van der Waals surface area contributed by atoms with Crippen LogP contribution in [-0.4, -0.2) is 22.9 Å². The van der Waals surface area contributed by atoms with Gasteiger partial charge >= 0.3 is 0 Å². The van der Waals surface area contributed by atoms with Crippen molar-refractivity contribution in [1.82, 2.24) is 9.97 Å². The minimum Gasteiger partial charge on any atom is -0.490 e. The molecule has 0 spiro atoms. The highest BCUT2D eigenvalue weighted by Crippen LogP contribution is 2.36. The molecule has 0 aliphatic heterocycles. The van der Waals surface area contributed by atoms with E-state index in [9.17, 15) is 4.79 Å². The summed E-state index contributed by atoms with van der Waals surface area (Å²) >= 11 is 0. The number of aldehydes is 1. The molecule has 15 heavy (non-hydrogen) atoms. The predicted molar refractivity (Wildman–Crippen MR) is 54.7 cm³/mol. The third kappa shape index (κ3) is 2.32. The van der Waals surface area contributed by atoms with Crippen LogP contribution in [0.4, 0.5) is 0 Å². The molecule has 0 bridgehead atoms. The molecular weight excluding hydrogens is 192 g/mol. The Bertz CT molecular complexity index is 379. The fourth-order valence-electron chi connectivity index (χ4n) is 1.54. The molecule has 1 aromatic rings. The van der Waals surface area contributed by atoms with Gasteiger partial charge in [-0.1, -0.05) is 0 Å². The first kappa shape index (κ1) is 10.1. The van der Waals surface area contributed by atoms with E-state index in [1.807, 2.05) is 13.8 Å². The number of carbonyl (C=O) groups excluding carboxylic acids is 1. The highest BCUT2D eigenvalue weighted by atomic mass is 16.5. The van der Waals surface area contributed by atoms with E-state index < -0.39 is 0 Å². The molecule has 0 radical (unpaired) electrons. The second kappa shape index (κ2) is 3.96. The van der Waals surface area contributed by atoms with Crippen LogP contribution in [0.25, 0.3) is 0 Å². The average Bonchev–Trinajstić information content (AvgIpc) is 2.95. The number of carbonyl (C=O) groups is 1. The molecule has 80 valence electrons. The van der Waals surface area contributed by atoms with Crippen molar-refractivity contribution >= 4 is 6.29 Å². The molecule has 2 rings (SSSR count). The Morgan fingerprint density at radius 3 is 3.00 bits per heavy atom. The van der Waals surface area contributed by atoms with E-state index in [0.29, 0.717) is 12.5 Å². The molecule has 1 aliphatic rings. The summed E-state index contributed by atoms with van der Waals surface area (Å²) < 4.78 is 5.56. The van der Waals surface area contributed by atoms with E-state index in [2.05, 4.69) is 9.97 Å². The van der Waals surface area contributed by atoms with E-state index in [1.54, 1.807) is 6.20 Å². The lowest BCUT2D eigenvalue weighted by Crippen LogP contribution is -2.04. The van der Waals surface area contributed by atoms with Gasteiger partial charge in [0.2, 0.25) is 0 Å². The zero-order valence-electron chi connectivity index (χ0n) is 8.93. The van der Waals surface area contributed by atoms with Gasteiger partial charge in [0.05, 0.1) is 18.5 Å². The number of aromatic nitrogens is 2. The molecule has 1 fully saturated rings. The van der Waals surface area contributed by atoms with Gasteiger partial charge in [-0.2, -0.15) is 0 Å². The predicted octanol–water partition coefficient (Wildman–Crippen LogP) is 1.31. The molecule has 0 amide bonds. The van der Waals surface area contributed by atoms with Crippen LogP contribution < -0.4 is 4.74 Å². The standard InChI is InChI=1S/C11H14N2O2/c1-7-11(4-12-8(2)13-7)15-6-10-3-9(10)5-14/h4-5,9-10H,3,6H2,1-2H3. The van der Waals surface area contributed by atoms with Gasteiger partial charge in [-0.3, -0.25) is 0 Å². The van der Waals surface area contributed by atoms with E-state index in [0.717, 1.165) is 30.0 Å². The molecule has 1 aliphatic carbocycles. The molecule has 0 aromatic carbocycles. The molecule has 1 heterocycles. The largest absolute Gasteiger partial charge is 0.490 e. The van der Waals surface area contributed by atoms with E-state index in [1.165, 1.54) is 0 Å². The van der Waals surface area contributed by atoms with E-state index >= 15 is 0 Å². The van der Waals surface area contributed by atoms with Crippen LogP contribution in [0, 0.1) is 25.7 Å². The number of hydrogen-bond acceptors (Lipinski definition) is 4. The van der Waals surface area contributed by atoms with Crippen LogP contribution >= 0.6 is 0 Å². The Labute approximate surface area is 88.7 Å². The second-order valence-corrected chi connectivity index (χ2v) is 3.97. The van der Waals surface area contributed by atoms with Crippen molar-refractivity contribution in [2.45, 2.75) is 20.3 Å². The Morgan fingerprint density at radius 2 is 2.40 bits per heavy atom. The lowest BCUT2D eigenvalue weighted by atomic mass is 10.3. The Kier molecular flexibility index (Phi) is 2.66. The average molecular weight is 206 g/mol. The molecule has 1 aromatic heterocycles. The summed E-state index contributed by atoms with van der Waals surface area (Å²) in [7, 11) is 0. The summed E-state index contributed by atoms with van der Waals surface area (Å²) in [5, 5.41) is 0. The maximum absolute atomic E-state index is 10.4. The van der Waals surface area contributed by atoms with Crippen LogP contribution in [0.5, 0.6) is 5.75 Å². The van der Waals surface area contributed by atoms with E-state index in [-0.39, 0.29) is 5.92 Å². The summed E-state index contributed by atoms with van der Waals surface area (Å²) in [6.45, 7) is 4.34.